The molecule has 29 heavy (non-hydrogen) atoms. The minimum atomic E-state index is -0.578. The minimum absolute atomic E-state index is 0.0331. The molecule has 0 fully saturated rings. The SMILES string of the molecule is CCOC(=O)c1cc2c(NC(=O)c3ccc(CCN(C)C)cc3)n[nH]c2nc1N. The number of amides is 1. The molecule has 0 spiro atoms. The number of esters is 1. The van der Waals surface area contributed by atoms with Crippen molar-refractivity contribution >= 4 is 34.5 Å². The third-order valence-electron chi connectivity index (χ3n) is 4.37. The molecule has 0 aliphatic carbocycles. The minimum Gasteiger partial charge on any atom is -0.462 e. The highest BCUT2D eigenvalue weighted by atomic mass is 16.5. The molecule has 3 rings (SSSR count). The first-order valence-corrected chi connectivity index (χ1v) is 9.25. The van der Waals surface area contributed by atoms with E-state index in [0.717, 1.165) is 18.5 Å². The summed E-state index contributed by atoms with van der Waals surface area (Å²) in [6, 6.07) is 8.92. The molecule has 0 aliphatic rings. The van der Waals surface area contributed by atoms with Crippen LogP contribution in [0.25, 0.3) is 11.0 Å². The van der Waals surface area contributed by atoms with Crippen LogP contribution in [-0.4, -0.2) is 59.2 Å². The third kappa shape index (κ3) is 4.69. The van der Waals surface area contributed by atoms with Gasteiger partial charge in [0.25, 0.3) is 5.91 Å². The van der Waals surface area contributed by atoms with E-state index in [-0.39, 0.29) is 29.7 Å². The zero-order chi connectivity index (χ0) is 21.0. The van der Waals surface area contributed by atoms with Crippen LogP contribution in [0, 0.1) is 0 Å². The number of benzene rings is 1. The van der Waals surface area contributed by atoms with Crippen LogP contribution < -0.4 is 11.1 Å². The molecule has 152 valence electrons. The Morgan fingerprint density at radius 1 is 1.24 bits per heavy atom. The standard InChI is InChI=1S/C20H24N6O3/c1-4-29-20(28)14-11-15-17(22-16(14)21)24-25-18(15)23-19(27)13-7-5-12(6-8-13)9-10-26(2)3/h5-8,11H,4,9-10H2,1-3H3,(H4,21,22,23,24,25,27). The number of aromatic nitrogens is 3. The van der Waals surface area contributed by atoms with Gasteiger partial charge in [-0.3, -0.25) is 9.89 Å². The Balaban J connectivity index is 1.79. The molecular weight excluding hydrogens is 372 g/mol. The van der Waals surface area contributed by atoms with Gasteiger partial charge in [-0.2, -0.15) is 5.10 Å². The maximum Gasteiger partial charge on any atom is 0.341 e. The van der Waals surface area contributed by atoms with E-state index in [2.05, 4.69) is 25.4 Å². The molecule has 1 aromatic carbocycles. The highest BCUT2D eigenvalue weighted by Crippen LogP contribution is 2.24. The summed E-state index contributed by atoms with van der Waals surface area (Å²) in [6.45, 7) is 2.86. The number of carbonyl (C=O) groups is 2. The van der Waals surface area contributed by atoms with Gasteiger partial charge >= 0.3 is 5.97 Å². The molecule has 0 bridgehead atoms. The number of ether oxygens (including phenoxy) is 1. The number of anilines is 2. The predicted octanol–water partition coefficient (Wildman–Crippen LogP) is 2.07. The van der Waals surface area contributed by atoms with E-state index in [9.17, 15) is 9.59 Å². The fourth-order valence-electron chi connectivity index (χ4n) is 2.79. The molecule has 9 heteroatoms. The lowest BCUT2D eigenvalue weighted by molar-refractivity contribution is 0.0527. The van der Waals surface area contributed by atoms with Crippen LogP contribution in [0.2, 0.25) is 0 Å². The number of nitrogens with one attached hydrogen (secondary N) is 2. The highest BCUT2D eigenvalue weighted by molar-refractivity contribution is 6.08. The van der Waals surface area contributed by atoms with Crippen LogP contribution >= 0.6 is 0 Å². The predicted molar refractivity (Wildman–Crippen MR) is 111 cm³/mol. The van der Waals surface area contributed by atoms with Gasteiger partial charge in [0.1, 0.15) is 11.4 Å². The zero-order valence-electron chi connectivity index (χ0n) is 16.7. The Morgan fingerprint density at radius 2 is 1.97 bits per heavy atom. The number of likely N-dealkylation sites (N-methyl/N-ethyl adjacent to an activating group) is 1. The van der Waals surface area contributed by atoms with Gasteiger partial charge in [0.05, 0.1) is 12.0 Å². The van der Waals surface area contributed by atoms with Crippen molar-refractivity contribution in [3.05, 3.63) is 47.0 Å². The van der Waals surface area contributed by atoms with Crippen LogP contribution in [-0.2, 0) is 11.2 Å². The van der Waals surface area contributed by atoms with Crippen molar-refractivity contribution in [2.24, 2.45) is 0 Å². The average molecular weight is 396 g/mol. The summed E-state index contributed by atoms with van der Waals surface area (Å²) in [5.41, 5.74) is 7.97. The number of rotatable bonds is 7. The lowest BCUT2D eigenvalue weighted by atomic mass is 10.1. The van der Waals surface area contributed by atoms with Crippen LogP contribution in [0.5, 0.6) is 0 Å². The van der Waals surface area contributed by atoms with Gasteiger partial charge < -0.3 is 20.7 Å². The molecule has 2 heterocycles. The number of nitrogens with two attached hydrogens (primary N) is 1. The molecule has 4 N–H and O–H groups in total. The number of hydrogen-bond acceptors (Lipinski definition) is 7. The second-order valence-electron chi connectivity index (χ2n) is 6.81. The average Bonchev–Trinajstić information content (AvgIpc) is 3.07. The Labute approximate surface area is 168 Å². The number of fused-ring (bicyclic) bond motifs is 1. The van der Waals surface area contributed by atoms with E-state index < -0.39 is 5.97 Å². The van der Waals surface area contributed by atoms with Crippen LogP contribution in [0.15, 0.2) is 30.3 Å². The van der Waals surface area contributed by atoms with Gasteiger partial charge in [0, 0.05) is 12.1 Å². The fourth-order valence-corrected chi connectivity index (χ4v) is 2.79. The molecule has 0 atom stereocenters. The summed E-state index contributed by atoms with van der Waals surface area (Å²) in [6.07, 6.45) is 0.905. The van der Waals surface area contributed by atoms with E-state index >= 15 is 0 Å². The van der Waals surface area contributed by atoms with Crippen molar-refractivity contribution in [2.45, 2.75) is 13.3 Å². The first-order valence-electron chi connectivity index (χ1n) is 9.25. The van der Waals surface area contributed by atoms with E-state index in [4.69, 9.17) is 10.5 Å². The van der Waals surface area contributed by atoms with Crippen LogP contribution in [0.1, 0.15) is 33.2 Å². The lowest BCUT2D eigenvalue weighted by Crippen LogP contribution is -2.15. The highest BCUT2D eigenvalue weighted by Gasteiger charge is 2.18. The number of hydrogen-bond donors (Lipinski definition) is 3. The summed E-state index contributed by atoms with van der Waals surface area (Å²) in [5.74, 6) is -0.594. The number of nitrogen functional groups attached to an aromatic ring is 1. The van der Waals surface area contributed by atoms with Gasteiger partial charge in [-0.15, -0.1) is 0 Å². The molecule has 0 aliphatic heterocycles. The molecule has 0 saturated carbocycles. The second-order valence-corrected chi connectivity index (χ2v) is 6.81. The van der Waals surface area contributed by atoms with Gasteiger partial charge in [0.15, 0.2) is 11.5 Å². The molecule has 9 nitrogen and oxygen atoms in total. The first kappa shape index (κ1) is 20.3. The molecule has 0 unspecified atom stereocenters. The van der Waals surface area contributed by atoms with Gasteiger partial charge in [-0.05, 0) is 51.2 Å². The summed E-state index contributed by atoms with van der Waals surface area (Å²) < 4.78 is 4.99. The van der Waals surface area contributed by atoms with Crippen molar-refractivity contribution in [3.63, 3.8) is 0 Å². The Kier molecular flexibility index (Phi) is 6.08. The number of aromatic amines is 1. The Hall–Kier alpha value is -3.46. The van der Waals surface area contributed by atoms with E-state index in [1.807, 2.05) is 26.2 Å². The van der Waals surface area contributed by atoms with Crippen molar-refractivity contribution in [1.29, 1.82) is 0 Å². The molecular formula is C20H24N6O3. The van der Waals surface area contributed by atoms with Gasteiger partial charge in [-0.1, -0.05) is 12.1 Å². The molecule has 0 radical (unpaired) electrons. The molecule has 1 amide bonds. The van der Waals surface area contributed by atoms with Gasteiger partial charge in [-0.25, -0.2) is 9.78 Å². The molecule has 0 saturated heterocycles. The maximum atomic E-state index is 12.6. The maximum absolute atomic E-state index is 12.6. The summed E-state index contributed by atoms with van der Waals surface area (Å²) in [7, 11) is 4.04. The summed E-state index contributed by atoms with van der Waals surface area (Å²) >= 11 is 0. The Morgan fingerprint density at radius 3 is 2.62 bits per heavy atom. The Bertz CT molecular complexity index is 1030. The summed E-state index contributed by atoms with van der Waals surface area (Å²) in [5, 5.41) is 10.0. The van der Waals surface area contributed by atoms with E-state index in [1.165, 1.54) is 6.07 Å². The van der Waals surface area contributed by atoms with E-state index in [1.54, 1.807) is 19.1 Å². The molecule has 3 aromatic rings. The largest absolute Gasteiger partial charge is 0.462 e. The quantitative estimate of drug-likeness (QED) is 0.522. The van der Waals surface area contributed by atoms with Crippen molar-refractivity contribution in [2.75, 3.05) is 38.3 Å². The smallest absolute Gasteiger partial charge is 0.341 e. The number of carbonyl (C=O) groups excluding carboxylic acids is 2. The topological polar surface area (TPSA) is 126 Å². The van der Waals surface area contributed by atoms with Gasteiger partial charge in [0.2, 0.25) is 0 Å². The first-order chi connectivity index (χ1) is 13.9. The van der Waals surface area contributed by atoms with Crippen molar-refractivity contribution in [3.8, 4) is 0 Å². The lowest BCUT2D eigenvalue weighted by Gasteiger charge is -2.09. The van der Waals surface area contributed by atoms with E-state index in [0.29, 0.717) is 16.6 Å². The monoisotopic (exact) mass is 396 g/mol. The third-order valence-corrected chi connectivity index (χ3v) is 4.37. The van der Waals surface area contributed by atoms with Crippen LogP contribution in [0.4, 0.5) is 11.6 Å². The number of pyridine rings is 1. The normalized spacial score (nSPS) is 11.0. The van der Waals surface area contributed by atoms with Crippen molar-refractivity contribution < 1.29 is 14.3 Å². The second kappa shape index (κ2) is 8.70. The fraction of sp³-hybridized carbons (Fsp3) is 0.300. The summed E-state index contributed by atoms with van der Waals surface area (Å²) in [4.78, 5) is 30.9. The van der Waals surface area contributed by atoms with Crippen LogP contribution in [0.3, 0.4) is 0 Å². The molecule has 2 aromatic heterocycles. The van der Waals surface area contributed by atoms with Crippen molar-refractivity contribution in [1.82, 2.24) is 20.1 Å². The number of nitrogens with zero attached hydrogens (tertiary/aromatic N) is 3. The zero-order valence-corrected chi connectivity index (χ0v) is 16.7. The number of H-pyrrole nitrogens is 1.